The molecule has 0 bridgehead atoms. The molecule has 10 aromatic carbocycles. The molecule has 0 N–H and O–H groups in total. The van der Waals surface area contributed by atoms with Gasteiger partial charge in [-0.05, 0) is 112 Å². The van der Waals surface area contributed by atoms with E-state index in [1.54, 1.807) is 22.8 Å². The summed E-state index contributed by atoms with van der Waals surface area (Å²) < 4.78 is 86.1. The zero-order valence-electron chi connectivity index (χ0n) is 39.5. The molecule has 0 amide bonds. The fourth-order valence-corrected chi connectivity index (χ4v) is 8.53. The molecule has 0 fully saturated rings. The summed E-state index contributed by atoms with van der Waals surface area (Å²) in [6, 6.07) is 50.7. The minimum absolute atomic E-state index is 0.0402. The number of furan rings is 1. The van der Waals surface area contributed by atoms with Gasteiger partial charge in [0.25, 0.3) is 0 Å². The lowest BCUT2D eigenvalue weighted by molar-refractivity contribution is 0.673. The van der Waals surface area contributed by atoms with Crippen molar-refractivity contribution in [2.24, 2.45) is 0 Å². The van der Waals surface area contributed by atoms with Crippen LogP contribution in [0.4, 0.5) is 17.1 Å². The van der Waals surface area contributed by atoms with Gasteiger partial charge in [0.15, 0.2) is 0 Å². The van der Waals surface area contributed by atoms with Gasteiger partial charge in [-0.2, -0.15) is 0 Å². The van der Waals surface area contributed by atoms with E-state index >= 15 is 0 Å². The van der Waals surface area contributed by atoms with Crippen molar-refractivity contribution in [3.8, 4) is 27.9 Å². The first kappa shape index (κ1) is 26.1. The van der Waals surface area contributed by atoms with E-state index in [-0.39, 0.29) is 46.8 Å². The highest BCUT2D eigenvalue weighted by atomic mass is 16.3. The summed E-state index contributed by atoms with van der Waals surface area (Å²) in [6.45, 7) is 0. The Morgan fingerprint density at radius 3 is 1.75 bits per heavy atom. The van der Waals surface area contributed by atoms with Crippen LogP contribution in [-0.2, 0) is 0 Å². The molecule has 0 radical (unpaired) electrons. The van der Waals surface area contributed by atoms with Crippen LogP contribution in [0, 0.1) is 0 Å². The predicted molar refractivity (Wildman–Crippen MR) is 249 cm³/mol. The second-order valence-electron chi connectivity index (χ2n) is 14.7. The quantitative estimate of drug-likeness (QED) is 0.168. The summed E-state index contributed by atoms with van der Waals surface area (Å²) in [4.78, 5) is 1.38. The topological polar surface area (TPSA) is 21.3 Å². The van der Waals surface area contributed by atoms with Gasteiger partial charge in [0.1, 0.15) is 11.2 Å². The van der Waals surface area contributed by atoms with Gasteiger partial charge in [-0.3, -0.25) is 0 Å². The summed E-state index contributed by atoms with van der Waals surface area (Å²) in [7, 11) is 0. The molecule has 0 aliphatic carbocycles. The number of rotatable bonds is 6. The summed E-state index contributed by atoms with van der Waals surface area (Å²) in [5.74, 6) is 0. The second-order valence-corrected chi connectivity index (χ2v) is 14.7. The molecule has 0 saturated heterocycles. The average molecular weight is 761 g/mol. The Balaban J connectivity index is 1.13. The van der Waals surface area contributed by atoms with Gasteiger partial charge in [0.05, 0.1) is 27.7 Å². The first-order valence-corrected chi connectivity index (χ1v) is 19.5. The molecule has 12 rings (SSSR count). The van der Waals surface area contributed by atoms with Crippen LogP contribution < -0.4 is 4.90 Å². The summed E-state index contributed by atoms with van der Waals surface area (Å²) in [5.41, 5.74) is 4.52. The maximum atomic E-state index is 9.86. The highest BCUT2D eigenvalue weighted by molar-refractivity contribution is 6.15. The summed E-state index contributed by atoms with van der Waals surface area (Å²) >= 11 is 0. The SMILES string of the molecule is [2H]c1c([2H])c(N(c2ccccc2-c2ccc3c(c2)oc2c4ccccc4ccc32)c2c([2H])c([2H])c(-n3c4ccccc4c4ccccc43)c([2H])c2[2H])c([2H])c([2H])c1-c1ccc2ccccc2c1. The number of nitrogens with zero attached hydrogens (tertiary/aromatic N) is 2. The van der Waals surface area contributed by atoms with E-state index in [2.05, 4.69) is 6.07 Å². The van der Waals surface area contributed by atoms with E-state index in [9.17, 15) is 11.0 Å². The van der Waals surface area contributed by atoms with Gasteiger partial charge in [-0.15, -0.1) is 0 Å². The number of para-hydroxylation sites is 3. The normalized spacial score (nSPS) is 13.6. The zero-order chi connectivity index (χ0) is 45.8. The molecule has 12 aromatic rings. The van der Waals surface area contributed by atoms with Crippen LogP contribution in [-0.4, -0.2) is 4.57 Å². The van der Waals surface area contributed by atoms with Crippen LogP contribution in [0.2, 0.25) is 0 Å². The van der Waals surface area contributed by atoms with Gasteiger partial charge in [-0.1, -0.05) is 139 Å². The molecule has 0 atom stereocenters. The van der Waals surface area contributed by atoms with Crippen molar-refractivity contribution in [3.63, 3.8) is 0 Å². The zero-order valence-corrected chi connectivity index (χ0v) is 31.5. The van der Waals surface area contributed by atoms with E-state index in [4.69, 9.17) is 4.42 Å². The van der Waals surface area contributed by atoms with E-state index < -0.39 is 24.2 Å². The Hall–Kier alpha value is -7.88. The number of fused-ring (bicyclic) bond motifs is 9. The monoisotopic (exact) mass is 760 g/mol. The van der Waals surface area contributed by atoms with Crippen molar-refractivity contribution >= 4 is 82.4 Å². The fourth-order valence-electron chi connectivity index (χ4n) is 8.53. The Kier molecular flexibility index (Phi) is 5.92. The molecule has 2 aromatic heterocycles. The van der Waals surface area contributed by atoms with Crippen LogP contribution >= 0.6 is 0 Å². The molecule has 0 saturated carbocycles. The lowest BCUT2D eigenvalue weighted by atomic mass is 9.99. The molecule has 276 valence electrons. The fraction of sp³-hybridized carbons (Fsp3) is 0. The number of anilines is 3. The molecule has 0 aliphatic heterocycles. The maximum absolute atomic E-state index is 9.86. The van der Waals surface area contributed by atoms with Gasteiger partial charge >= 0.3 is 0 Å². The molecular formula is C56H36N2O. The van der Waals surface area contributed by atoms with Crippen LogP contribution in [0.3, 0.4) is 0 Å². The molecule has 0 aliphatic rings. The summed E-state index contributed by atoms with van der Waals surface area (Å²) in [5, 5.41) is 7.50. The Morgan fingerprint density at radius 2 is 0.983 bits per heavy atom. The number of benzene rings is 10. The second kappa shape index (κ2) is 13.4. The molecular weight excluding hydrogens is 717 g/mol. The molecule has 59 heavy (non-hydrogen) atoms. The Morgan fingerprint density at radius 1 is 0.407 bits per heavy atom. The third kappa shape index (κ3) is 5.44. The summed E-state index contributed by atoms with van der Waals surface area (Å²) in [6.07, 6.45) is 0. The van der Waals surface area contributed by atoms with Gasteiger partial charge in [-0.25, -0.2) is 0 Å². The van der Waals surface area contributed by atoms with E-state index in [0.717, 1.165) is 48.7 Å². The molecule has 3 heteroatoms. The van der Waals surface area contributed by atoms with Crippen molar-refractivity contribution in [2.45, 2.75) is 0 Å². The van der Waals surface area contributed by atoms with Crippen LogP contribution in [0.5, 0.6) is 0 Å². The maximum Gasteiger partial charge on any atom is 0.143 e. The van der Waals surface area contributed by atoms with Crippen LogP contribution in [0.15, 0.2) is 223 Å². The van der Waals surface area contributed by atoms with Gasteiger partial charge < -0.3 is 13.9 Å². The lowest BCUT2D eigenvalue weighted by Gasteiger charge is -2.28. The first-order valence-electron chi connectivity index (χ1n) is 23.5. The van der Waals surface area contributed by atoms with Crippen LogP contribution in [0.25, 0.3) is 93.2 Å². The Labute approximate surface area is 352 Å². The minimum atomic E-state index is -0.428. The molecule has 3 nitrogen and oxygen atoms in total. The predicted octanol–water partition coefficient (Wildman–Crippen LogP) is 15.8. The number of aromatic nitrogens is 1. The third-order valence-electron chi connectivity index (χ3n) is 11.3. The molecule has 2 heterocycles. The lowest BCUT2D eigenvalue weighted by Crippen LogP contribution is -2.11. The first-order chi connectivity index (χ1) is 32.6. The minimum Gasteiger partial charge on any atom is -0.455 e. The largest absolute Gasteiger partial charge is 0.455 e. The number of hydrogen-bond donors (Lipinski definition) is 0. The highest BCUT2D eigenvalue weighted by Gasteiger charge is 2.20. The van der Waals surface area contributed by atoms with E-state index in [1.807, 2.05) is 146 Å². The van der Waals surface area contributed by atoms with Crippen LogP contribution in [0.1, 0.15) is 11.0 Å². The Bertz CT molecular complexity index is 3950. The standard InChI is InChI=1S/C56H36N2O/c1-2-13-40-35-41(22-21-37(40)11-1)38-23-27-43(28-24-38)57(44-29-31-45(32-30-44)58-53-19-9-6-16-48(53)49-17-7-10-20-54(49)58)52-18-8-5-14-46(52)42-26-33-50-51-34-25-39-12-3-4-15-47(39)56(51)59-55(50)36-42/h1-36H/i23D,24D,27D,28D,29D,30D,31D,32D. The van der Waals surface area contributed by atoms with Crippen molar-refractivity contribution in [2.75, 3.05) is 4.90 Å². The number of hydrogen-bond acceptors (Lipinski definition) is 2. The third-order valence-corrected chi connectivity index (χ3v) is 11.3. The average Bonchev–Trinajstić information content (AvgIpc) is 3.91. The van der Waals surface area contributed by atoms with Gasteiger partial charge in [0.2, 0.25) is 0 Å². The van der Waals surface area contributed by atoms with Crippen molar-refractivity contribution in [1.82, 2.24) is 4.57 Å². The van der Waals surface area contributed by atoms with Crippen molar-refractivity contribution in [3.05, 3.63) is 218 Å². The van der Waals surface area contributed by atoms with Crippen molar-refractivity contribution in [1.29, 1.82) is 0 Å². The van der Waals surface area contributed by atoms with E-state index in [1.165, 1.54) is 4.90 Å². The van der Waals surface area contributed by atoms with Crippen molar-refractivity contribution < 1.29 is 15.4 Å². The molecule has 0 spiro atoms. The smallest absolute Gasteiger partial charge is 0.143 e. The van der Waals surface area contributed by atoms with Gasteiger partial charge in [0, 0.05) is 49.6 Å². The highest BCUT2D eigenvalue weighted by Crippen LogP contribution is 2.44. The molecule has 0 unspecified atom stereocenters. The van der Waals surface area contributed by atoms with E-state index in [0.29, 0.717) is 39.0 Å².